The van der Waals surface area contributed by atoms with Gasteiger partial charge in [0.2, 0.25) is 5.89 Å². The van der Waals surface area contributed by atoms with Gasteiger partial charge in [-0.3, -0.25) is 9.48 Å². The van der Waals surface area contributed by atoms with Crippen LogP contribution in [0.1, 0.15) is 33.2 Å². The Kier molecular flexibility index (Phi) is 4.83. The van der Waals surface area contributed by atoms with E-state index in [9.17, 15) is 4.79 Å². The Morgan fingerprint density at radius 3 is 2.61 bits per heavy atom. The van der Waals surface area contributed by atoms with Gasteiger partial charge in [0.15, 0.2) is 0 Å². The molecule has 0 radical (unpaired) electrons. The normalized spacial score (nSPS) is 11.0. The third-order valence-electron chi connectivity index (χ3n) is 4.47. The number of rotatable bonds is 5. The minimum atomic E-state index is -0.117. The van der Waals surface area contributed by atoms with E-state index in [-0.39, 0.29) is 5.91 Å². The van der Waals surface area contributed by atoms with Crippen molar-refractivity contribution in [3.05, 3.63) is 75.6 Å². The fourth-order valence-corrected chi connectivity index (χ4v) is 3.60. The van der Waals surface area contributed by atoms with Crippen LogP contribution in [0.15, 0.2) is 51.6 Å². The van der Waals surface area contributed by atoms with Crippen molar-refractivity contribution in [2.24, 2.45) is 0 Å². The van der Waals surface area contributed by atoms with Crippen molar-refractivity contribution in [2.75, 3.05) is 5.32 Å². The number of anilines is 1. The van der Waals surface area contributed by atoms with Crippen LogP contribution in [0, 0.1) is 20.8 Å². The first-order valence-electron chi connectivity index (χ1n) is 8.91. The predicted molar refractivity (Wildman–Crippen MR) is 110 cm³/mol. The van der Waals surface area contributed by atoms with Gasteiger partial charge in [-0.25, -0.2) is 4.98 Å². The number of hydrogen-bond donors (Lipinski definition) is 1. The highest BCUT2D eigenvalue weighted by molar-refractivity contribution is 7.08. The van der Waals surface area contributed by atoms with Crippen molar-refractivity contribution >= 4 is 22.9 Å². The maximum atomic E-state index is 12.1. The number of aromatic nitrogens is 3. The molecule has 0 unspecified atom stereocenters. The number of carbonyl (C=O) groups excluding carboxylic acids is 1. The topological polar surface area (TPSA) is 73.0 Å². The number of aryl methyl sites for hydroxylation is 3. The van der Waals surface area contributed by atoms with Gasteiger partial charge in [-0.1, -0.05) is 0 Å². The van der Waals surface area contributed by atoms with Crippen LogP contribution >= 0.6 is 11.3 Å². The Morgan fingerprint density at radius 2 is 1.96 bits per heavy atom. The smallest absolute Gasteiger partial charge is 0.256 e. The first-order valence-corrected chi connectivity index (χ1v) is 9.85. The third-order valence-corrected chi connectivity index (χ3v) is 5.15. The van der Waals surface area contributed by atoms with Crippen molar-refractivity contribution in [3.63, 3.8) is 0 Å². The number of benzene rings is 1. The van der Waals surface area contributed by atoms with E-state index in [4.69, 9.17) is 4.42 Å². The summed E-state index contributed by atoms with van der Waals surface area (Å²) in [5, 5.41) is 11.1. The van der Waals surface area contributed by atoms with Gasteiger partial charge in [-0.2, -0.15) is 16.4 Å². The number of thiophene rings is 1. The van der Waals surface area contributed by atoms with Crippen molar-refractivity contribution in [2.45, 2.75) is 27.3 Å². The first-order chi connectivity index (χ1) is 13.5. The Morgan fingerprint density at radius 1 is 1.18 bits per heavy atom. The summed E-state index contributed by atoms with van der Waals surface area (Å²) in [6.45, 7) is 6.49. The Hall–Kier alpha value is -3.19. The molecule has 28 heavy (non-hydrogen) atoms. The van der Waals surface area contributed by atoms with Crippen LogP contribution in [-0.2, 0) is 6.54 Å². The van der Waals surface area contributed by atoms with E-state index in [2.05, 4.69) is 15.4 Å². The van der Waals surface area contributed by atoms with Crippen molar-refractivity contribution in [1.82, 2.24) is 14.8 Å². The van der Waals surface area contributed by atoms with E-state index in [1.54, 1.807) is 6.07 Å². The maximum absolute atomic E-state index is 12.1. The lowest BCUT2D eigenvalue weighted by Crippen LogP contribution is -2.10. The number of oxazole rings is 1. The molecule has 1 N–H and O–H groups in total. The summed E-state index contributed by atoms with van der Waals surface area (Å²) in [7, 11) is 0. The molecule has 0 saturated carbocycles. The maximum Gasteiger partial charge on any atom is 0.256 e. The highest BCUT2D eigenvalue weighted by Crippen LogP contribution is 2.24. The van der Waals surface area contributed by atoms with E-state index in [0.717, 1.165) is 34.1 Å². The number of nitrogens with zero attached hydrogens (tertiary/aromatic N) is 3. The van der Waals surface area contributed by atoms with Gasteiger partial charge in [0.05, 0.1) is 17.8 Å². The summed E-state index contributed by atoms with van der Waals surface area (Å²) in [5.74, 6) is 1.22. The van der Waals surface area contributed by atoms with Crippen molar-refractivity contribution in [1.29, 1.82) is 0 Å². The van der Waals surface area contributed by atoms with Gasteiger partial charge in [0.25, 0.3) is 5.91 Å². The summed E-state index contributed by atoms with van der Waals surface area (Å²) >= 11 is 1.50. The van der Waals surface area contributed by atoms with Gasteiger partial charge in [0, 0.05) is 22.3 Å². The lowest BCUT2D eigenvalue weighted by molar-refractivity contribution is 0.102. The van der Waals surface area contributed by atoms with Gasteiger partial charge in [0.1, 0.15) is 11.5 Å². The second kappa shape index (κ2) is 7.44. The van der Waals surface area contributed by atoms with Crippen LogP contribution in [-0.4, -0.2) is 20.7 Å². The van der Waals surface area contributed by atoms with Crippen LogP contribution in [0.25, 0.3) is 11.5 Å². The molecule has 7 heteroatoms. The molecule has 3 aromatic heterocycles. The van der Waals surface area contributed by atoms with E-state index in [1.165, 1.54) is 11.3 Å². The second-order valence-electron chi connectivity index (χ2n) is 6.65. The van der Waals surface area contributed by atoms with Gasteiger partial charge >= 0.3 is 0 Å². The standard InChI is InChI=1S/C21H20N4O2S/c1-13-10-14(2)25(24-13)11-19-15(3)27-21(23-19)16-4-6-18(7-5-16)22-20(26)17-8-9-28-12-17/h4-10,12H,11H2,1-3H3,(H,22,26). The summed E-state index contributed by atoms with van der Waals surface area (Å²) in [5.41, 5.74) is 5.18. The molecule has 0 atom stereocenters. The highest BCUT2D eigenvalue weighted by Gasteiger charge is 2.14. The minimum Gasteiger partial charge on any atom is -0.441 e. The zero-order valence-electron chi connectivity index (χ0n) is 15.9. The molecule has 0 fully saturated rings. The fourth-order valence-electron chi connectivity index (χ4n) is 2.97. The van der Waals surface area contributed by atoms with Crippen molar-refractivity contribution < 1.29 is 9.21 Å². The van der Waals surface area contributed by atoms with E-state index >= 15 is 0 Å². The fraction of sp³-hybridized carbons (Fsp3) is 0.190. The highest BCUT2D eigenvalue weighted by atomic mass is 32.1. The van der Waals surface area contributed by atoms with Crippen LogP contribution < -0.4 is 5.32 Å². The molecule has 4 aromatic rings. The molecule has 142 valence electrons. The summed E-state index contributed by atoms with van der Waals surface area (Å²) in [4.78, 5) is 16.8. The van der Waals surface area contributed by atoms with Crippen LogP contribution in [0.5, 0.6) is 0 Å². The average molecular weight is 392 g/mol. The number of carbonyl (C=O) groups is 1. The monoisotopic (exact) mass is 392 g/mol. The molecule has 1 aromatic carbocycles. The Balaban J connectivity index is 1.50. The largest absolute Gasteiger partial charge is 0.441 e. The molecule has 1 amide bonds. The van der Waals surface area contributed by atoms with Gasteiger partial charge < -0.3 is 9.73 Å². The zero-order chi connectivity index (χ0) is 19.7. The minimum absolute atomic E-state index is 0.117. The predicted octanol–water partition coefficient (Wildman–Crippen LogP) is 4.83. The summed E-state index contributed by atoms with van der Waals surface area (Å²) < 4.78 is 7.78. The quantitative estimate of drug-likeness (QED) is 0.528. The number of nitrogens with one attached hydrogen (secondary N) is 1. The van der Waals surface area contributed by atoms with Gasteiger partial charge in [-0.15, -0.1) is 0 Å². The Bertz CT molecular complexity index is 1110. The van der Waals surface area contributed by atoms with E-state index < -0.39 is 0 Å². The number of hydrogen-bond acceptors (Lipinski definition) is 5. The van der Waals surface area contributed by atoms with Crippen LogP contribution in [0.2, 0.25) is 0 Å². The molecule has 0 spiro atoms. The van der Waals surface area contributed by atoms with E-state index in [0.29, 0.717) is 18.0 Å². The third kappa shape index (κ3) is 3.75. The lowest BCUT2D eigenvalue weighted by atomic mass is 10.2. The molecule has 0 aliphatic carbocycles. The summed E-state index contributed by atoms with van der Waals surface area (Å²) in [6.07, 6.45) is 0. The molecule has 0 aliphatic heterocycles. The zero-order valence-corrected chi connectivity index (χ0v) is 16.7. The number of amides is 1. The van der Waals surface area contributed by atoms with Gasteiger partial charge in [-0.05, 0) is 62.5 Å². The molecule has 4 rings (SSSR count). The SMILES string of the molecule is Cc1cc(C)n(Cc2nc(-c3ccc(NC(=O)c4ccsc4)cc3)oc2C)n1. The molecule has 0 saturated heterocycles. The van der Waals surface area contributed by atoms with Crippen molar-refractivity contribution in [3.8, 4) is 11.5 Å². The average Bonchev–Trinajstić information content (AvgIpc) is 3.38. The summed E-state index contributed by atoms with van der Waals surface area (Å²) in [6, 6.07) is 11.3. The molecule has 0 aliphatic rings. The van der Waals surface area contributed by atoms with Crippen LogP contribution in [0.3, 0.4) is 0 Å². The first kappa shape index (κ1) is 18.2. The molecular formula is C21H20N4O2S. The second-order valence-corrected chi connectivity index (χ2v) is 7.43. The molecular weight excluding hydrogens is 372 g/mol. The lowest BCUT2D eigenvalue weighted by Gasteiger charge is -2.04. The molecule has 3 heterocycles. The van der Waals surface area contributed by atoms with Crippen LogP contribution in [0.4, 0.5) is 5.69 Å². The molecule has 6 nitrogen and oxygen atoms in total. The Labute approximate surface area is 166 Å². The molecule has 0 bridgehead atoms. The van der Waals surface area contributed by atoms with E-state index in [1.807, 2.05) is 66.5 Å².